The molecule has 2 aromatic rings. The zero-order valence-corrected chi connectivity index (χ0v) is 14.9. The van der Waals surface area contributed by atoms with Gasteiger partial charge in [-0.05, 0) is 43.7 Å². The maximum Gasteiger partial charge on any atom is 0.244 e. The summed E-state index contributed by atoms with van der Waals surface area (Å²) in [5.41, 5.74) is 0.705. The predicted molar refractivity (Wildman–Crippen MR) is 92.5 cm³/mol. The molecular weight excluding hydrogens is 347 g/mol. The Morgan fingerprint density at radius 3 is 2.52 bits per heavy atom. The van der Waals surface area contributed by atoms with E-state index in [0.717, 1.165) is 5.56 Å². The molecule has 0 aliphatic rings. The second kappa shape index (κ2) is 7.62. The van der Waals surface area contributed by atoms with Crippen LogP contribution in [0, 0.1) is 12.7 Å². The number of halogens is 1. The molecule has 0 spiro atoms. The smallest absolute Gasteiger partial charge is 0.244 e. The summed E-state index contributed by atoms with van der Waals surface area (Å²) in [6, 6.07) is 9.21. The highest BCUT2D eigenvalue weighted by Gasteiger charge is 2.25. The van der Waals surface area contributed by atoms with Crippen LogP contribution in [0.4, 0.5) is 10.1 Å². The van der Waals surface area contributed by atoms with Crippen molar-refractivity contribution in [3.05, 3.63) is 53.8 Å². The highest BCUT2D eigenvalue weighted by molar-refractivity contribution is 7.89. The summed E-state index contributed by atoms with van der Waals surface area (Å²) >= 11 is 0. The van der Waals surface area contributed by atoms with Crippen molar-refractivity contribution in [1.29, 1.82) is 0 Å². The van der Waals surface area contributed by atoms with Gasteiger partial charge in [-0.25, -0.2) is 12.8 Å². The fourth-order valence-electron chi connectivity index (χ4n) is 2.15. The molecule has 2 rings (SSSR count). The summed E-state index contributed by atoms with van der Waals surface area (Å²) in [5, 5.41) is 2.35. The minimum atomic E-state index is -4.00. The van der Waals surface area contributed by atoms with Gasteiger partial charge in [0.15, 0.2) is 0 Å². The van der Waals surface area contributed by atoms with E-state index in [1.54, 1.807) is 19.1 Å². The first-order valence-corrected chi connectivity index (χ1v) is 8.95. The van der Waals surface area contributed by atoms with Crippen LogP contribution < -0.4 is 14.8 Å². The number of carbonyl (C=O) groups is 1. The minimum absolute atomic E-state index is 0.0216. The number of carbonyl (C=O) groups excluding carboxylic acids is 1. The van der Waals surface area contributed by atoms with Crippen LogP contribution in [0.5, 0.6) is 5.75 Å². The average molecular weight is 366 g/mol. The first-order valence-electron chi connectivity index (χ1n) is 7.47. The second-order valence-corrected chi connectivity index (χ2v) is 7.15. The molecule has 2 aromatic carbocycles. The van der Waals surface area contributed by atoms with Gasteiger partial charge in [0.25, 0.3) is 0 Å². The summed E-state index contributed by atoms with van der Waals surface area (Å²) in [5.74, 6) is -1.12. The number of hydrogen-bond donors (Lipinski definition) is 2. The number of anilines is 1. The van der Waals surface area contributed by atoms with E-state index in [2.05, 4.69) is 10.0 Å². The maximum atomic E-state index is 13.6. The van der Waals surface area contributed by atoms with Crippen LogP contribution in [-0.2, 0) is 14.8 Å². The van der Waals surface area contributed by atoms with Crippen LogP contribution >= 0.6 is 0 Å². The van der Waals surface area contributed by atoms with Gasteiger partial charge in [-0.3, -0.25) is 4.79 Å². The maximum absolute atomic E-state index is 13.6. The largest absolute Gasteiger partial charge is 0.495 e. The van der Waals surface area contributed by atoms with E-state index in [1.807, 2.05) is 0 Å². The van der Waals surface area contributed by atoms with E-state index >= 15 is 0 Å². The number of aryl methyl sites for hydroxylation is 1. The zero-order valence-electron chi connectivity index (χ0n) is 14.0. The molecule has 8 heteroatoms. The highest BCUT2D eigenvalue weighted by atomic mass is 32.2. The summed E-state index contributed by atoms with van der Waals surface area (Å²) in [7, 11) is -2.64. The Hall–Kier alpha value is -2.45. The molecule has 1 unspecified atom stereocenters. The Morgan fingerprint density at radius 1 is 1.20 bits per heavy atom. The molecule has 0 bridgehead atoms. The Kier molecular flexibility index (Phi) is 5.76. The lowest BCUT2D eigenvalue weighted by atomic mass is 10.2. The molecule has 25 heavy (non-hydrogen) atoms. The number of nitrogens with one attached hydrogen (secondary N) is 2. The number of sulfonamides is 1. The van der Waals surface area contributed by atoms with Crippen molar-refractivity contribution < 1.29 is 22.3 Å². The SMILES string of the molecule is COc1ccc(C)cc1S(=O)(=O)NC(C)C(=O)Nc1ccccc1F. The molecular formula is C17H19FN2O4S. The molecule has 1 amide bonds. The second-order valence-electron chi connectivity index (χ2n) is 5.47. The highest BCUT2D eigenvalue weighted by Crippen LogP contribution is 2.24. The van der Waals surface area contributed by atoms with Crippen molar-refractivity contribution in [2.75, 3.05) is 12.4 Å². The normalized spacial score (nSPS) is 12.5. The van der Waals surface area contributed by atoms with E-state index in [1.165, 1.54) is 44.4 Å². The zero-order chi connectivity index (χ0) is 18.6. The van der Waals surface area contributed by atoms with Crippen molar-refractivity contribution in [2.24, 2.45) is 0 Å². The standard InChI is InChI=1S/C17H19FN2O4S/c1-11-8-9-15(24-3)16(10-11)25(22,23)20-12(2)17(21)19-14-7-5-4-6-13(14)18/h4-10,12,20H,1-3H3,(H,19,21). The molecule has 0 aliphatic carbocycles. The van der Waals surface area contributed by atoms with Gasteiger partial charge in [-0.1, -0.05) is 18.2 Å². The summed E-state index contributed by atoms with van der Waals surface area (Å²) < 4.78 is 46.0. The number of rotatable bonds is 6. The summed E-state index contributed by atoms with van der Waals surface area (Å²) in [6.07, 6.45) is 0. The number of ether oxygens (including phenoxy) is 1. The van der Waals surface area contributed by atoms with Gasteiger partial charge in [0, 0.05) is 0 Å². The average Bonchev–Trinajstić information content (AvgIpc) is 2.56. The van der Waals surface area contributed by atoms with E-state index in [0.29, 0.717) is 0 Å². The van der Waals surface area contributed by atoms with Crippen LogP contribution in [0.15, 0.2) is 47.4 Å². The van der Waals surface area contributed by atoms with Gasteiger partial charge in [0.05, 0.1) is 18.8 Å². The quantitative estimate of drug-likeness (QED) is 0.822. The van der Waals surface area contributed by atoms with Crippen LogP contribution in [0.25, 0.3) is 0 Å². The fraction of sp³-hybridized carbons (Fsp3) is 0.235. The lowest BCUT2D eigenvalue weighted by molar-refractivity contribution is -0.117. The van der Waals surface area contributed by atoms with Crippen molar-refractivity contribution in [2.45, 2.75) is 24.8 Å². The van der Waals surface area contributed by atoms with Gasteiger partial charge in [-0.15, -0.1) is 0 Å². The molecule has 6 nitrogen and oxygen atoms in total. The lowest BCUT2D eigenvalue weighted by Crippen LogP contribution is -2.41. The minimum Gasteiger partial charge on any atom is -0.495 e. The number of para-hydroxylation sites is 1. The van der Waals surface area contributed by atoms with E-state index in [4.69, 9.17) is 4.74 Å². The topological polar surface area (TPSA) is 84.5 Å². The van der Waals surface area contributed by atoms with Crippen molar-refractivity contribution in [3.8, 4) is 5.75 Å². The third kappa shape index (κ3) is 4.55. The van der Waals surface area contributed by atoms with Gasteiger partial charge in [-0.2, -0.15) is 4.72 Å². The van der Waals surface area contributed by atoms with Crippen LogP contribution in [0.3, 0.4) is 0 Å². The molecule has 134 valence electrons. The Morgan fingerprint density at radius 2 is 1.88 bits per heavy atom. The van der Waals surface area contributed by atoms with E-state index < -0.39 is 27.8 Å². The van der Waals surface area contributed by atoms with Gasteiger partial charge >= 0.3 is 0 Å². The third-order valence-electron chi connectivity index (χ3n) is 3.47. The molecule has 0 aliphatic heterocycles. The molecule has 0 heterocycles. The molecule has 0 fully saturated rings. The van der Waals surface area contributed by atoms with Crippen molar-refractivity contribution in [1.82, 2.24) is 4.72 Å². The molecule has 0 aromatic heterocycles. The van der Waals surface area contributed by atoms with E-state index in [9.17, 15) is 17.6 Å². The Bertz CT molecular complexity index is 884. The molecule has 0 saturated carbocycles. The van der Waals surface area contributed by atoms with Crippen LogP contribution in [-0.4, -0.2) is 27.5 Å². The monoisotopic (exact) mass is 366 g/mol. The lowest BCUT2D eigenvalue weighted by Gasteiger charge is -2.16. The molecule has 2 N–H and O–H groups in total. The number of methoxy groups -OCH3 is 1. The van der Waals surface area contributed by atoms with Crippen molar-refractivity contribution in [3.63, 3.8) is 0 Å². The Labute approximate surface area is 146 Å². The third-order valence-corrected chi connectivity index (χ3v) is 5.03. The van der Waals surface area contributed by atoms with Crippen molar-refractivity contribution >= 4 is 21.6 Å². The van der Waals surface area contributed by atoms with Gasteiger partial charge < -0.3 is 10.1 Å². The first-order chi connectivity index (χ1) is 11.7. The van der Waals surface area contributed by atoms with Gasteiger partial charge in [0.2, 0.25) is 15.9 Å². The Balaban J connectivity index is 2.19. The predicted octanol–water partition coefficient (Wildman–Crippen LogP) is 2.45. The fourth-order valence-corrected chi connectivity index (χ4v) is 3.60. The summed E-state index contributed by atoms with van der Waals surface area (Å²) in [4.78, 5) is 12.1. The molecule has 0 radical (unpaired) electrons. The van der Waals surface area contributed by atoms with Gasteiger partial charge in [0.1, 0.15) is 16.5 Å². The van der Waals surface area contributed by atoms with Crippen LogP contribution in [0.1, 0.15) is 12.5 Å². The summed E-state index contributed by atoms with van der Waals surface area (Å²) in [6.45, 7) is 3.11. The molecule has 1 atom stereocenters. The first kappa shape index (κ1) is 18.9. The number of amides is 1. The van der Waals surface area contributed by atoms with E-state index in [-0.39, 0.29) is 16.3 Å². The number of benzene rings is 2. The number of hydrogen-bond acceptors (Lipinski definition) is 4. The molecule has 0 saturated heterocycles. The van der Waals surface area contributed by atoms with Crippen LogP contribution in [0.2, 0.25) is 0 Å².